The first kappa shape index (κ1) is 26.0. The van der Waals surface area contributed by atoms with E-state index < -0.39 is 30.1 Å². The molecule has 10 nitrogen and oxygen atoms in total. The van der Waals surface area contributed by atoms with Gasteiger partial charge in [-0.2, -0.15) is 0 Å². The molecule has 0 saturated heterocycles. The van der Waals surface area contributed by atoms with Crippen LogP contribution >= 0.6 is 0 Å². The number of carbonyl (C=O) groups excluding carboxylic acids is 2. The normalized spacial score (nSPS) is 22.8. The minimum Gasteiger partial charge on any atom is -0.493 e. The van der Waals surface area contributed by atoms with Gasteiger partial charge in [0.25, 0.3) is 0 Å². The summed E-state index contributed by atoms with van der Waals surface area (Å²) in [5.74, 6) is -0.543. The van der Waals surface area contributed by atoms with Crippen molar-refractivity contribution in [3.05, 3.63) is 34.9 Å². The molecule has 188 valence electrons. The van der Waals surface area contributed by atoms with E-state index in [0.29, 0.717) is 54.4 Å². The molecular formula is C24H34N2O8. The van der Waals surface area contributed by atoms with Gasteiger partial charge in [-0.25, -0.2) is 0 Å². The van der Waals surface area contributed by atoms with Crippen molar-refractivity contribution in [2.75, 3.05) is 40.0 Å². The van der Waals surface area contributed by atoms with Crippen LogP contribution in [0.25, 0.3) is 0 Å². The number of aliphatic hydroxyl groups excluding tert-OH is 3. The first-order valence-corrected chi connectivity index (χ1v) is 11.5. The van der Waals surface area contributed by atoms with Crippen LogP contribution in [0.5, 0.6) is 11.5 Å². The number of rotatable bonds is 11. The van der Waals surface area contributed by atoms with E-state index in [2.05, 4.69) is 5.32 Å². The van der Waals surface area contributed by atoms with Crippen LogP contribution in [0, 0.1) is 0 Å². The third kappa shape index (κ3) is 5.20. The van der Waals surface area contributed by atoms with E-state index in [4.69, 9.17) is 14.2 Å². The lowest BCUT2D eigenvalue weighted by Crippen LogP contribution is -2.55. The van der Waals surface area contributed by atoms with Crippen molar-refractivity contribution < 1.29 is 39.1 Å². The Kier molecular flexibility index (Phi) is 8.90. The van der Waals surface area contributed by atoms with Gasteiger partial charge < -0.3 is 39.7 Å². The lowest BCUT2D eigenvalue weighted by Gasteiger charge is -2.40. The number of ether oxygens (including phenoxy) is 3. The van der Waals surface area contributed by atoms with Gasteiger partial charge in [-0.05, 0) is 37.1 Å². The van der Waals surface area contributed by atoms with E-state index in [1.54, 1.807) is 18.2 Å². The van der Waals surface area contributed by atoms with Crippen molar-refractivity contribution >= 4 is 11.8 Å². The largest absolute Gasteiger partial charge is 0.493 e. The van der Waals surface area contributed by atoms with Gasteiger partial charge in [0, 0.05) is 44.4 Å². The number of carbonyl (C=O) groups is 2. The molecule has 2 aliphatic rings. The predicted molar refractivity (Wildman–Crippen MR) is 123 cm³/mol. The number of aliphatic hydroxyl groups is 3. The van der Waals surface area contributed by atoms with E-state index in [0.717, 1.165) is 0 Å². The van der Waals surface area contributed by atoms with E-state index in [1.807, 2.05) is 6.92 Å². The molecule has 0 fully saturated rings. The fourth-order valence-electron chi connectivity index (χ4n) is 4.62. The van der Waals surface area contributed by atoms with Crippen LogP contribution in [0.1, 0.15) is 37.3 Å². The average molecular weight is 479 g/mol. The predicted octanol–water partition coefficient (Wildman–Crippen LogP) is 0.0852. The van der Waals surface area contributed by atoms with Gasteiger partial charge >= 0.3 is 0 Å². The second kappa shape index (κ2) is 11.7. The second-order valence-corrected chi connectivity index (χ2v) is 8.28. The molecule has 1 aromatic carbocycles. The molecule has 1 aliphatic heterocycles. The van der Waals surface area contributed by atoms with Crippen molar-refractivity contribution in [2.45, 2.75) is 51.0 Å². The zero-order valence-corrected chi connectivity index (χ0v) is 19.8. The first-order valence-electron chi connectivity index (χ1n) is 11.5. The van der Waals surface area contributed by atoms with Crippen LogP contribution in [0.4, 0.5) is 0 Å². The molecule has 3 rings (SSSR count). The topological polar surface area (TPSA) is 138 Å². The molecule has 4 atom stereocenters. The molecule has 0 radical (unpaired) electrons. The van der Waals surface area contributed by atoms with Gasteiger partial charge in [0.1, 0.15) is 12.2 Å². The van der Waals surface area contributed by atoms with Gasteiger partial charge in [-0.1, -0.05) is 0 Å². The number of hydrogen-bond acceptors (Lipinski definition) is 8. The Labute approximate surface area is 199 Å². The quantitative estimate of drug-likeness (QED) is 0.328. The first-order chi connectivity index (χ1) is 16.4. The van der Waals surface area contributed by atoms with Gasteiger partial charge in [0.15, 0.2) is 11.5 Å². The zero-order valence-electron chi connectivity index (χ0n) is 19.8. The summed E-state index contributed by atoms with van der Waals surface area (Å²) >= 11 is 0. The van der Waals surface area contributed by atoms with Crippen LogP contribution in [0.2, 0.25) is 0 Å². The molecule has 2 amide bonds. The minimum absolute atomic E-state index is 0.0548. The van der Waals surface area contributed by atoms with Crippen LogP contribution in [-0.4, -0.2) is 90.3 Å². The second-order valence-electron chi connectivity index (χ2n) is 8.28. The maximum atomic E-state index is 13.1. The Morgan fingerprint density at radius 2 is 2.03 bits per heavy atom. The number of benzene rings is 1. The Bertz CT molecular complexity index is 918. The molecule has 1 aromatic rings. The molecule has 4 N–H and O–H groups in total. The number of nitrogens with one attached hydrogen (secondary N) is 1. The highest BCUT2D eigenvalue weighted by molar-refractivity contribution is 5.96. The molecule has 0 spiro atoms. The molecule has 0 aromatic heterocycles. The molecule has 0 unspecified atom stereocenters. The summed E-state index contributed by atoms with van der Waals surface area (Å²) < 4.78 is 17.0. The minimum atomic E-state index is -1.12. The van der Waals surface area contributed by atoms with Gasteiger partial charge in [0.2, 0.25) is 11.8 Å². The molecule has 1 heterocycles. The monoisotopic (exact) mass is 478 g/mol. The van der Waals surface area contributed by atoms with Crippen molar-refractivity contribution in [3.63, 3.8) is 0 Å². The van der Waals surface area contributed by atoms with E-state index in [9.17, 15) is 24.9 Å². The molecule has 0 bridgehead atoms. The van der Waals surface area contributed by atoms with E-state index >= 15 is 0 Å². The van der Waals surface area contributed by atoms with Gasteiger partial charge in [0.05, 0.1) is 32.3 Å². The number of amides is 2. The van der Waals surface area contributed by atoms with Crippen molar-refractivity contribution in [1.82, 2.24) is 10.2 Å². The van der Waals surface area contributed by atoms with E-state index in [1.165, 1.54) is 18.9 Å². The summed E-state index contributed by atoms with van der Waals surface area (Å²) in [4.78, 5) is 27.2. The Balaban J connectivity index is 2.04. The van der Waals surface area contributed by atoms with E-state index in [-0.39, 0.29) is 25.7 Å². The highest BCUT2D eigenvalue weighted by Crippen LogP contribution is 2.51. The van der Waals surface area contributed by atoms with Crippen molar-refractivity contribution in [2.24, 2.45) is 0 Å². The summed E-state index contributed by atoms with van der Waals surface area (Å²) in [5.41, 5.74) is 1.51. The Morgan fingerprint density at radius 1 is 1.26 bits per heavy atom. The molecule has 0 saturated carbocycles. The summed E-state index contributed by atoms with van der Waals surface area (Å²) in [5, 5.41) is 32.9. The van der Waals surface area contributed by atoms with Crippen molar-refractivity contribution in [3.8, 4) is 11.5 Å². The molecule has 1 aliphatic carbocycles. The van der Waals surface area contributed by atoms with Crippen LogP contribution in [-0.2, 0) is 20.9 Å². The summed E-state index contributed by atoms with van der Waals surface area (Å²) in [6, 6.07) is 2.58. The standard InChI is InChI=1S/C24H34N2O8/c1-4-33-9-5-7-26(14(2)29)18-12-17(24(31)25-6-8-27)20-16-10-15(13-28)11-19(32-3)22(16)34-23(20)21(18)30/h10-12,18,20-21,23,27-28,30H,4-9,13H2,1-3H3,(H,25,31)/t18-,20+,21+,23+/m1/s1. The lowest BCUT2D eigenvalue weighted by molar-refractivity contribution is -0.135. The summed E-state index contributed by atoms with van der Waals surface area (Å²) in [6.45, 7) is 4.26. The van der Waals surface area contributed by atoms with Crippen LogP contribution in [0.15, 0.2) is 23.8 Å². The maximum absolute atomic E-state index is 13.1. The number of methoxy groups -OCH3 is 1. The average Bonchev–Trinajstić information content (AvgIpc) is 3.22. The molecular weight excluding hydrogens is 444 g/mol. The highest BCUT2D eigenvalue weighted by Gasteiger charge is 2.51. The Morgan fingerprint density at radius 3 is 2.65 bits per heavy atom. The third-order valence-corrected chi connectivity index (χ3v) is 6.15. The maximum Gasteiger partial charge on any atom is 0.247 e. The third-order valence-electron chi connectivity index (χ3n) is 6.15. The highest BCUT2D eigenvalue weighted by atomic mass is 16.5. The number of hydrogen-bond donors (Lipinski definition) is 4. The fourth-order valence-corrected chi connectivity index (χ4v) is 4.62. The SMILES string of the molecule is CCOCCCN(C(C)=O)[C@@H]1C=C(C(=O)NCCO)[C@@H]2c3cc(CO)cc(OC)c3O[C@@H]2[C@H]1O. The van der Waals surface area contributed by atoms with Crippen LogP contribution in [0.3, 0.4) is 0 Å². The Hall–Kier alpha value is -2.66. The van der Waals surface area contributed by atoms with Gasteiger partial charge in [-0.3, -0.25) is 9.59 Å². The molecule has 10 heteroatoms. The molecule has 34 heavy (non-hydrogen) atoms. The lowest BCUT2D eigenvalue weighted by atomic mass is 9.77. The zero-order chi connectivity index (χ0) is 24.8. The van der Waals surface area contributed by atoms with Crippen molar-refractivity contribution in [1.29, 1.82) is 0 Å². The summed E-state index contributed by atoms with van der Waals surface area (Å²) in [7, 11) is 1.47. The summed E-state index contributed by atoms with van der Waals surface area (Å²) in [6.07, 6.45) is 0.206. The number of nitrogens with zero attached hydrogens (tertiary/aromatic N) is 1. The van der Waals surface area contributed by atoms with Crippen LogP contribution < -0.4 is 14.8 Å². The number of fused-ring (bicyclic) bond motifs is 3. The fraction of sp³-hybridized carbons (Fsp3) is 0.583. The van der Waals surface area contributed by atoms with Gasteiger partial charge in [-0.15, -0.1) is 0 Å². The smallest absolute Gasteiger partial charge is 0.247 e.